The van der Waals surface area contributed by atoms with E-state index in [2.05, 4.69) is 10.4 Å². The van der Waals surface area contributed by atoms with Gasteiger partial charge in [-0.15, -0.1) is 0 Å². The van der Waals surface area contributed by atoms with E-state index in [1.165, 1.54) is 7.11 Å². The number of carbonyl (C=O) groups excluding carboxylic acids is 2. The number of likely N-dealkylation sites (tertiary alicyclic amines) is 1. The highest BCUT2D eigenvalue weighted by atomic mass is 16.5. The van der Waals surface area contributed by atoms with Gasteiger partial charge in [0.05, 0.1) is 25.3 Å². The molecule has 2 fully saturated rings. The summed E-state index contributed by atoms with van der Waals surface area (Å²) >= 11 is 0. The van der Waals surface area contributed by atoms with Gasteiger partial charge in [0.2, 0.25) is 0 Å². The first kappa shape index (κ1) is 16.8. The molecular formula is C17H26N4O3. The van der Waals surface area contributed by atoms with Gasteiger partial charge in [-0.25, -0.2) is 4.79 Å². The lowest BCUT2D eigenvalue weighted by molar-refractivity contribution is -0.143. The van der Waals surface area contributed by atoms with Crippen molar-refractivity contribution in [2.45, 2.75) is 39.2 Å². The summed E-state index contributed by atoms with van der Waals surface area (Å²) < 4.78 is 6.66. The van der Waals surface area contributed by atoms with Gasteiger partial charge in [-0.1, -0.05) is 0 Å². The second-order valence-electron chi connectivity index (χ2n) is 7.11. The summed E-state index contributed by atoms with van der Waals surface area (Å²) in [5.41, 5.74) is 2.17. The zero-order valence-electron chi connectivity index (χ0n) is 14.8. The molecule has 1 N–H and O–H groups in total. The minimum Gasteiger partial charge on any atom is -0.469 e. The van der Waals surface area contributed by atoms with Crippen LogP contribution >= 0.6 is 0 Å². The lowest BCUT2D eigenvalue weighted by Gasteiger charge is -2.33. The lowest BCUT2D eigenvalue weighted by Crippen LogP contribution is -2.46. The van der Waals surface area contributed by atoms with Crippen molar-refractivity contribution in [3.8, 4) is 0 Å². The second-order valence-corrected chi connectivity index (χ2v) is 7.11. The highest BCUT2D eigenvalue weighted by Gasteiger charge is 2.59. The Hall–Kier alpha value is -2.05. The Morgan fingerprint density at radius 3 is 2.62 bits per heavy atom. The number of ether oxygens (including phenoxy) is 1. The number of nitrogens with one attached hydrogen (secondary N) is 1. The van der Waals surface area contributed by atoms with Gasteiger partial charge >= 0.3 is 12.0 Å². The minimum absolute atomic E-state index is 0.0321. The van der Waals surface area contributed by atoms with Crippen molar-refractivity contribution in [3.05, 3.63) is 17.5 Å². The van der Waals surface area contributed by atoms with E-state index >= 15 is 0 Å². The molecule has 1 aromatic rings. The van der Waals surface area contributed by atoms with Crippen LogP contribution in [0.25, 0.3) is 0 Å². The number of methoxy groups -OCH3 is 1. The number of esters is 1. The molecule has 2 amide bonds. The largest absolute Gasteiger partial charge is 0.469 e. The molecule has 132 valence electrons. The standard InChI is InChI=1S/C17H26N4O3/c1-11(13-10-18-20(3)12(13)2)19-16(23)21-7-5-17(6-8-21)9-14(17)15(22)24-4/h10-11,14H,5-9H2,1-4H3,(H,19,23)/t11-,14+/m1/s1. The van der Waals surface area contributed by atoms with Crippen molar-refractivity contribution in [3.63, 3.8) is 0 Å². The number of nitrogens with zero attached hydrogens (tertiary/aromatic N) is 3. The molecule has 3 rings (SSSR count). The molecule has 1 aliphatic carbocycles. The van der Waals surface area contributed by atoms with Crippen LogP contribution < -0.4 is 5.32 Å². The number of hydrogen-bond acceptors (Lipinski definition) is 4. The molecule has 0 bridgehead atoms. The van der Waals surface area contributed by atoms with Gasteiger partial charge in [0.1, 0.15) is 0 Å². The van der Waals surface area contributed by atoms with Gasteiger partial charge in [-0.05, 0) is 38.5 Å². The molecule has 2 heterocycles. The first-order valence-electron chi connectivity index (χ1n) is 8.50. The molecular weight excluding hydrogens is 308 g/mol. The summed E-state index contributed by atoms with van der Waals surface area (Å²) in [5.74, 6) is -0.0711. The van der Waals surface area contributed by atoms with Gasteiger partial charge in [-0.3, -0.25) is 9.48 Å². The average molecular weight is 334 g/mol. The first-order valence-corrected chi connectivity index (χ1v) is 8.50. The highest BCUT2D eigenvalue weighted by Crippen LogP contribution is 2.59. The van der Waals surface area contributed by atoms with Crippen LogP contribution in [0.15, 0.2) is 6.20 Å². The quantitative estimate of drug-likeness (QED) is 0.855. The summed E-state index contributed by atoms with van der Waals surface area (Å²) in [4.78, 5) is 26.0. The Balaban J connectivity index is 1.53. The summed E-state index contributed by atoms with van der Waals surface area (Å²) in [6.07, 6.45) is 4.46. The van der Waals surface area contributed by atoms with Crippen LogP contribution in [0.2, 0.25) is 0 Å². The van der Waals surface area contributed by atoms with E-state index < -0.39 is 0 Å². The Bertz CT molecular complexity index is 646. The maximum Gasteiger partial charge on any atom is 0.317 e. The van der Waals surface area contributed by atoms with Crippen LogP contribution in [0.1, 0.15) is 43.5 Å². The zero-order chi connectivity index (χ0) is 17.5. The van der Waals surface area contributed by atoms with Gasteiger partial charge in [0, 0.05) is 31.4 Å². The van der Waals surface area contributed by atoms with Gasteiger partial charge < -0.3 is 15.0 Å². The molecule has 1 aliphatic heterocycles. The molecule has 7 nitrogen and oxygen atoms in total. The maximum atomic E-state index is 12.5. The number of urea groups is 1. The highest BCUT2D eigenvalue weighted by molar-refractivity contribution is 5.77. The van der Waals surface area contributed by atoms with Crippen LogP contribution in [0.5, 0.6) is 0 Å². The SMILES string of the molecule is COC(=O)[C@@H]1CC12CCN(C(=O)N[C@H](C)c1cnn(C)c1C)CC2. The van der Waals surface area contributed by atoms with E-state index in [0.717, 1.165) is 30.5 Å². The Morgan fingerprint density at radius 2 is 2.08 bits per heavy atom. The van der Waals surface area contributed by atoms with E-state index in [0.29, 0.717) is 13.1 Å². The molecule has 2 aliphatic rings. The Kier molecular flexibility index (Phi) is 4.27. The molecule has 1 spiro atoms. The molecule has 1 aromatic heterocycles. The number of rotatable bonds is 3. The third-order valence-corrected chi connectivity index (χ3v) is 5.80. The number of aromatic nitrogens is 2. The van der Waals surface area contributed by atoms with Gasteiger partial charge in [0.25, 0.3) is 0 Å². The number of carbonyl (C=O) groups is 2. The van der Waals surface area contributed by atoms with Crippen LogP contribution in [0, 0.1) is 18.3 Å². The third-order valence-electron chi connectivity index (χ3n) is 5.80. The van der Waals surface area contributed by atoms with E-state index in [1.807, 2.05) is 30.5 Å². The first-order chi connectivity index (χ1) is 11.4. The van der Waals surface area contributed by atoms with Crippen molar-refractivity contribution in [1.29, 1.82) is 0 Å². The fraction of sp³-hybridized carbons (Fsp3) is 0.706. The van der Waals surface area contributed by atoms with E-state index in [-0.39, 0.29) is 29.4 Å². The molecule has 0 unspecified atom stereocenters. The van der Waals surface area contributed by atoms with E-state index in [1.54, 1.807) is 6.20 Å². The molecule has 0 radical (unpaired) electrons. The van der Waals surface area contributed by atoms with Crippen LogP contribution in [-0.4, -0.2) is 46.9 Å². The number of aryl methyl sites for hydroxylation is 1. The predicted octanol–water partition coefficient (Wildman–Crippen LogP) is 1.77. The zero-order valence-corrected chi connectivity index (χ0v) is 14.8. The van der Waals surface area contributed by atoms with E-state index in [9.17, 15) is 9.59 Å². The Morgan fingerprint density at radius 1 is 1.42 bits per heavy atom. The number of amides is 2. The van der Waals surface area contributed by atoms with Gasteiger partial charge in [0.15, 0.2) is 0 Å². The molecule has 1 saturated carbocycles. The van der Waals surface area contributed by atoms with Crippen molar-refractivity contribution in [2.75, 3.05) is 20.2 Å². The smallest absolute Gasteiger partial charge is 0.317 e. The van der Waals surface area contributed by atoms with Crippen molar-refractivity contribution < 1.29 is 14.3 Å². The summed E-state index contributed by atoms with van der Waals surface area (Å²) in [5, 5.41) is 7.28. The van der Waals surface area contributed by atoms with Crippen LogP contribution in [0.4, 0.5) is 4.79 Å². The predicted molar refractivity (Wildman–Crippen MR) is 88.3 cm³/mol. The molecule has 7 heteroatoms. The number of hydrogen-bond donors (Lipinski definition) is 1. The third kappa shape index (κ3) is 2.87. The van der Waals surface area contributed by atoms with E-state index in [4.69, 9.17) is 4.74 Å². The fourth-order valence-corrected chi connectivity index (χ4v) is 3.83. The summed E-state index contributed by atoms with van der Waals surface area (Å²) in [6.45, 7) is 5.35. The van der Waals surface area contributed by atoms with Crippen molar-refractivity contribution in [1.82, 2.24) is 20.0 Å². The fourth-order valence-electron chi connectivity index (χ4n) is 3.83. The molecule has 0 aromatic carbocycles. The molecule has 2 atom stereocenters. The Labute approximate surface area is 142 Å². The maximum absolute atomic E-state index is 12.5. The lowest BCUT2D eigenvalue weighted by atomic mass is 9.91. The average Bonchev–Trinajstić information content (AvgIpc) is 3.16. The molecule has 24 heavy (non-hydrogen) atoms. The normalized spacial score (nSPS) is 23.0. The van der Waals surface area contributed by atoms with Crippen molar-refractivity contribution >= 4 is 12.0 Å². The monoisotopic (exact) mass is 334 g/mol. The second kappa shape index (κ2) is 6.11. The van der Waals surface area contributed by atoms with Crippen LogP contribution in [-0.2, 0) is 16.6 Å². The topological polar surface area (TPSA) is 76.5 Å². The number of piperidine rings is 1. The summed E-state index contributed by atoms with van der Waals surface area (Å²) in [6, 6.07) is -0.123. The van der Waals surface area contributed by atoms with Crippen LogP contribution in [0.3, 0.4) is 0 Å². The minimum atomic E-state index is -0.103. The molecule has 1 saturated heterocycles. The summed E-state index contributed by atoms with van der Waals surface area (Å²) in [7, 11) is 3.34. The van der Waals surface area contributed by atoms with Gasteiger partial charge in [-0.2, -0.15) is 5.10 Å². The van der Waals surface area contributed by atoms with Crippen molar-refractivity contribution in [2.24, 2.45) is 18.4 Å².